The third-order valence-corrected chi connectivity index (χ3v) is 2.84. The van der Waals surface area contributed by atoms with E-state index in [-0.39, 0.29) is 0 Å². The molecule has 0 bridgehead atoms. The van der Waals surface area contributed by atoms with E-state index in [0.29, 0.717) is 0 Å². The normalized spacial score (nSPS) is 17.6. The molecule has 1 aliphatic heterocycles. The molecule has 0 amide bonds. The average Bonchev–Trinajstić information content (AvgIpc) is 2.26. The van der Waals surface area contributed by atoms with E-state index in [1.165, 1.54) is 0 Å². The number of nitrogens with zero attached hydrogens (tertiary/aromatic N) is 3. The highest BCUT2D eigenvalue weighted by atomic mass is 32.2. The molecule has 1 heterocycles. The van der Waals surface area contributed by atoms with Gasteiger partial charge in [0.15, 0.2) is 10.1 Å². The maximum Gasteiger partial charge on any atom is 0.485 e. The van der Waals surface area contributed by atoms with E-state index in [4.69, 9.17) is 13.0 Å². The molecule has 19 heavy (non-hydrogen) atoms. The second-order valence-corrected chi connectivity index (χ2v) is 5.34. The Kier molecular flexibility index (Phi) is 6.73. The van der Waals surface area contributed by atoms with Crippen molar-refractivity contribution in [2.75, 3.05) is 33.5 Å². The number of alkyl halides is 3. The summed E-state index contributed by atoms with van der Waals surface area (Å²) in [5, 5.41) is 0. The monoisotopic (exact) mass is 305 g/mol. The summed E-state index contributed by atoms with van der Waals surface area (Å²) in [7, 11) is -3.94. The van der Waals surface area contributed by atoms with E-state index in [1.807, 2.05) is 0 Å². The molecule has 10 heteroatoms. The standard InChI is InChI=1S/C8H18N3.CHF3O3S/c1-4-10-6-9(3)7-11(5-2)8-10;2-1(3,4)8(5,6)7/h8H,4-7H2,1-3H3;(H,5,6,7)/q+1;/p-1. The molecule has 0 saturated heterocycles. The molecule has 1 aliphatic rings. The Morgan fingerprint density at radius 2 is 1.84 bits per heavy atom. The van der Waals surface area contributed by atoms with Crippen LogP contribution in [0.4, 0.5) is 13.2 Å². The molecule has 114 valence electrons. The van der Waals surface area contributed by atoms with E-state index < -0.39 is 15.6 Å². The minimum Gasteiger partial charge on any atom is -0.741 e. The van der Waals surface area contributed by atoms with Crippen molar-refractivity contribution in [1.82, 2.24) is 9.80 Å². The molecule has 0 aromatic carbocycles. The summed E-state index contributed by atoms with van der Waals surface area (Å²) in [6.45, 7) is 8.69. The fourth-order valence-corrected chi connectivity index (χ4v) is 1.33. The predicted molar refractivity (Wildman–Crippen MR) is 62.5 cm³/mol. The fraction of sp³-hybridized carbons (Fsp3) is 0.889. The SMILES string of the molecule is CCN1C=[N+](CC)CN(C)C1.O=S(=O)([O-])C(F)(F)F. The number of halogens is 3. The van der Waals surface area contributed by atoms with Crippen molar-refractivity contribution in [3.63, 3.8) is 0 Å². The fourth-order valence-electron chi connectivity index (χ4n) is 1.33. The van der Waals surface area contributed by atoms with Crippen molar-refractivity contribution < 1.29 is 30.7 Å². The Balaban J connectivity index is 0.000000362. The highest BCUT2D eigenvalue weighted by Crippen LogP contribution is 2.20. The number of hydrogen-bond acceptors (Lipinski definition) is 5. The van der Waals surface area contributed by atoms with Gasteiger partial charge in [0, 0.05) is 0 Å². The van der Waals surface area contributed by atoms with Crippen LogP contribution in [0, 0.1) is 0 Å². The minimum atomic E-state index is -6.09. The van der Waals surface area contributed by atoms with Gasteiger partial charge in [-0.05, 0) is 20.9 Å². The minimum absolute atomic E-state index is 1.06. The van der Waals surface area contributed by atoms with Crippen LogP contribution in [0.2, 0.25) is 0 Å². The van der Waals surface area contributed by atoms with Crippen molar-refractivity contribution in [2.24, 2.45) is 0 Å². The van der Waals surface area contributed by atoms with Crippen LogP contribution in [0.1, 0.15) is 13.8 Å². The number of hydrogen-bond donors (Lipinski definition) is 0. The first-order chi connectivity index (χ1) is 8.51. The van der Waals surface area contributed by atoms with Gasteiger partial charge in [-0.15, -0.1) is 0 Å². The molecule has 0 unspecified atom stereocenters. The molecule has 0 radical (unpaired) electrons. The van der Waals surface area contributed by atoms with E-state index in [2.05, 4.69) is 41.6 Å². The summed E-state index contributed by atoms with van der Waals surface area (Å²) in [5.74, 6) is 0. The van der Waals surface area contributed by atoms with Crippen LogP contribution in [0.25, 0.3) is 0 Å². The zero-order chi connectivity index (χ0) is 15.3. The van der Waals surface area contributed by atoms with Gasteiger partial charge in [0.2, 0.25) is 6.34 Å². The first-order valence-electron chi connectivity index (χ1n) is 5.55. The largest absolute Gasteiger partial charge is 0.741 e. The molecule has 0 spiro atoms. The average molecular weight is 305 g/mol. The van der Waals surface area contributed by atoms with Crippen LogP contribution in [-0.2, 0) is 10.1 Å². The van der Waals surface area contributed by atoms with Gasteiger partial charge >= 0.3 is 5.51 Å². The Hall–Kier alpha value is -0.870. The van der Waals surface area contributed by atoms with Crippen LogP contribution in [-0.4, -0.2) is 72.7 Å². The Morgan fingerprint density at radius 3 is 2.16 bits per heavy atom. The van der Waals surface area contributed by atoms with Gasteiger partial charge in [-0.1, -0.05) is 0 Å². The second kappa shape index (κ2) is 7.06. The summed E-state index contributed by atoms with van der Waals surface area (Å²) in [4.78, 5) is 4.62. The van der Waals surface area contributed by atoms with Gasteiger partial charge < -0.3 is 4.55 Å². The van der Waals surface area contributed by atoms with Crippen LogP contribution in [0.3, 0.4) is 0 Å². The quantitative estimate of drug-likeness (QED) is 0.416. The van der Waals surface area contributed by atoms with Gasteiger partial charge in [0.25, 0.3) is 0 Å². The van der Waals surface area contributed by atoms with Crippen LogP contribution < -0.4 is 0 Å². The van der Waals surface area contributed by atoms with E-state index in [0.717, 1.165) is 26.4 Å². The molecule has 0 aromatic rings. The van der Waals surface area contributed by atoms with Crippen molar-refractivity contribution >= 4 is 16.5 Å². The summed E-state index contributed by atoms with van der Waals surface area (Å²) < 4.78 is 61.2. The third kappa shape index (κ3) is 6.73. The number of rotatable bonds is 2. The zero-order valence-corrected chi connectivity index (χ0v) is 11.8. The maximum absolute atomic E-state index is 10.7. The topological polar surface area (TPSA) is 66.7 Å². The van der Waals surface area contributed by atoms with Crippen molar-refractivity contribution in [3.8, 4) is 0 Å². The second-order valence-electron chi connectivity index (χ2n) is 3.96. The molecule has 0 aliphatic carbocycles. The highest BCUT2D eigenvalue weighted by Gasteiger charge is 2.36. The van der Waals surface area contributed by atoms with Gasteiger partial charge in [0.1, 0.15) is 13.3 Å². The lowest BCUT2D eigenvalue weighted by Gasteiger charge is -2.26. The molecule has 0 aromatic heterocycles. The first-order valence-corrected chi connectivity index (χ1v) is 6.95. The summed E-state index contributed by atoms with van der Waals surface area (Å²) in [5.41, 5.74) is -5.65. The van der Waals surface area contributed by atoms with Crippen LogP contribution in [0.15, 0.2) is 0 Å². The molecule has 0 atom stereocenters. The van der Waals surface area contributed by atoms with E-state index >= 15 is 0 Å². The van der Waals surface area contributed by atoms with Gasteiger partial charge in [0.05, 0.1) is 13.1 Å². The van der Waals surface area contributed by atoms with Gasteiger partial charge in [-0.2, -0.15) is 13.2 Å². The molecule has 1 rings (SSSR count). The predicted octanol–water partition coefficient (Wildman–Crippen LogP) is 0.281. The molecule has 0 saturated carbocycles. The lowest BCUT2D eigenvalue weighted by atomic mass is 10.5. The zero-order valence-electron chi connectivity index (χ0n) is 11.0. The maximum atomic E-state index is 10.7. The molecule has 6 nitrogen and oxygen atoms in total. The molecule has 0 N–H and O–H groups in total. The van der Waals surface area contributed by atoms with Crippen molar-refractivity contribution in [3.05, 3.63) is 0 Å². The summed E-state index contributed by atoms with van der Waals surface area (Å²) in [6, 6.07) is 0. The third-order valence-electron chi connectivity index (χ3n) is 2.27. The smallest absolute Gasteiger partial charge is 0.485 e. The Morgan fingerprint density at radius 1 is 1.37 bits per heavy atom. The van der Waals surface area contributed by atoms with Crippen molar-refractivity contribution in [1.29, 1.82) is 0 Å². The van der Waals surface area contributed by atoms with E-state index in [1.54, 1.807) is 0 Å². The summed E-state index contributed by atoms with van der Waals surface area (Å²) >= 11 is 0. The van der Waals surface area contributed by atoms with E-state index in [9.17, 15) is 13.2 Å². The lowest BCUT2D eigenvalue weighted by Crippen LogP contribution is -2.46. The summed E-state index contributed by atoms with van der Waals surface area (Å²) in [6.07, 6.45) is 2.22. The highest BCUT2D eigenvalue weighted by molar-refractivity contribution is 7.86. The van der Waals surface area contributed by atoms with Crippen molar-refractivity contribution in [2.45, 2.75) is 19.4 Å². The lowest BCUT2D eigenvalue weighted by molar-refractivity contribution is -0.552. The Labute approximate surface area is 110 Å². The van der Waals surface area contributed by atoms with Crippen LogP contribution in [0.5, 0.6) is 0 Å². The van der Waals surface area contributed by atoms with Gasteiger partial charge in [-0.25, -0.2) is 13.3 Å². The first kappa shape index (κ1) is 18.1. The molecular weight excluding hydrogens is 287 g/mol. The Bertz CT molecular complexity index is 409. The van der Waals surface area contributed by atoms with Gasteiger partial charge in [-0.3, -0.25) is 9.48 Å². The molecular formula is C9H18F3N3O3S. The van der Waals surface area contributed by atoms with Crippen LogP contribution >= 0.6 is 0 Å². The molecule has 0 fully saturated rings.